The van der Waals surface area contributed by atoms with Gasteiger partial charge in [0.1, 0.15) is 11.8 Å². The zero-order valence-corrected chi connectivity index (χ0v) is 18.5. The van der Waals surface area contributed by atoms with Crippen molar-refractivity contribution < 1.29 is 9.53 Å². The number of carbonyl (C=O) groups is 1. The third-order valence-corrected chi connectivity index (χ3v) is 6.30. The minimum absolute atomic E-state index is 0.134. The molecule has 1 aromatic heterocycles. The molecule has 1 saturated carbocycles. The molecule has 1 unspecified atom stereocenters. The van der Waals surface area contributed by atoms with Gasteiger partial charge in [0.15, 0.2) is 0 Å². The number of pyridine rings is 1. The monoisotopic (exact) mass is 418 g/mol. The van der Waals surface area contributed by atoms with Crippen LogP contribution < -0.4 is 15.6 Å². The number of hydrogen-bond acceptors (Lipinski definition) is 3. The van der Waals surface area contributed by atoms with Crippen LogP contribution in [0.2, 0.25) is 0 Å². The smallest absolute Gasteiger partial charge is 0.252 e. The zero-order chi connectivity index (χ0) is 22.0. The first-order valence-corrected chi connectivity index (χ1v) is 11.0. The van der Waals surface area contributed by atoms with E-state index in [1.54, 1.807) is 17.7 Å². The number of aryl methyl sites for hydroxylation is 2. The fraction of sp³-hybridized carbons (Fsp3) is 0.385. The van der Waals surface area contributed by atoms with Crippen molar-refractivity contribution >= 4 is 16.8 Å². The first-order valence-electron chi connectivity index (χ1n) is 11.0. The Kier molecular flexibility index (Phi) is 6.12. The Morgan fingerprint density at radius 1 is 1.03 bits per heavy atom. The van der Waals surface area contributed by atoms with Gasteiger partial charge in [0.25, 0.3) is 5.56 Å². The van der Waals surface area contributed by atoms with Crippen LogP contribution in [0.25, 0.3) is 10.9 Å². The molecule has 0 radical (unpaired) electrons. The van der Waals surface area contributed by atoms with Crippen LogP contribution in [-0.2, 0) is 4.79 Å². The molecule has 3 aromatic rings. The van der Waals surface area contributed by atoms with Crippen LogP contribution in [-0.4, -0.2) is 23.6 Å². The molecule has 5 heteroatoms. The van der Waals surface area contributed by atoms with Gasteiger partial charge in [-0.2, -0.15) is 0 Å². The lowest BCUT2D eigenvalue weighted by atomic mass is 9.94. The van der Waals surface area contributed by atoms with Crippen molar-refractivity contribution in [1.29, 1.82) is 0 Å². The number of fused-ring (bicyclic) bond motifs is 1. The molecule has 1 aliphatic rings. The molecular formula is C26H30N2O3. The van der Waals surface area contributed by atoms with E-state index in [2.05, 4.69) is 11.4 Å². The van der Waals surface area contributed by atoms with Crippen LogP contribution in [0.15, 0.2) is 53.3 Å². The number of aromatic nitrogens is 1. The summed E-state index contributed by atoms with van der Waals surface area (Å²) in [6, 6.07) is 14.5. The van der Waals surface area contributed by atoms with E-state index >= 15 is 0 Å². The number of hydrogen-bond donors (Lipinski definition) is 1. The van der Waals surface area contributed by atoms with Gasteiger partial charge in [0, 0.05) is 17.5 Å². The summed E-state index contributed by atoms with van der Waals surface area (Å²) in [5, 5.41) is 4.22. The summed E-state index contributed by atoms with van der Waals surface area (Å²) >= 11 is 0. The van der Waals surface area contributed by atoms with Crippen LogP contribution in [0.3, 0.4) is 0 Å². The normalized spacial score (nSPS) is 15.6. The number of nitrogens with one attached hydrogen (secondary N) is 1. The van der Waals surface area contributed by atoms with E-state index in [1.807, 2.05) is 50.2 Å². The SMILES string of the molecule is COc1ccc(C(C(=O)NC2CCCCC2)n2c(=O)cc(C)c3cc(C)ccc32)cc1. The summed E-state index contributed by atoms with van der Waals surface area (Å²) in [5.74, 6) is 0.580. The van der Waals surface area contributed by atoms with Crippen molar-refractivity contribution in [3.05, 3.63) is 75.6 Å². The molecule has 1 N–H and O–H groups in total. The Morgan fingerprint density at radius 3 is 2.42 bits per heavy atom. The quantitative estimate of drug-likeness (QED) is 0.655. The molecule has 31 heavy (non-hydrogen) atoms. The highest BCUT2D eigenvalue weighted by molar-refractivity contribution is 5.89. The lowest BCUT2D eigenvalue weighted by Crippen LogP contribution is -2.43. The van der Waals surface area contributed by atoms with E-state index in [9.17, 15) is 9.59 Å². The van der Waals surface area contributed by atoms with E-state index in [-0.39, 0.29) is 17.5 Å². The van der Waals surface area contributed by atoms with Crippen LogP contribution in [0.5, 0.6) is 5.75 Å². The average Bonchev–Trinajstić information content (AvgIpc) is 2.77. The molecule has 1 heterocycles. The maximum absolute atomic E-state index is 13.6. The van der Waals surface area contributed by atoms with Gasteiger partial charge in [-0.05, 0) is 62.1 Å². The minimum atomic E-state index is -0.744. The predicted octanol–water partition coefficient (Wildman–Crippen LogP) is 4.67. The summed E-state index contributed by atoms with van der Waals surface area (Å²) in [6.07, 6.45) is 5.46. The number of methoxy groups -OCH3 is 1. The largest absolute Gasteiger partial charge is 0.497 e. The maximum Gasteiger partial charge on any atom is 0.252 e. The number of carbonyl (C=O) groups excluding carboxylic acids is 1. The standard InChI is InChI=1S/C26H30N2O3/c1-17-9-14-23-22(15-17)18(2)16-24(29)28(23)25(19-10-12-21(31-3)13-11-19)26(30)27-20-7-5-4-6-8-20/h9-16,20,25H,4-8H2,1-3H3,(H,27,30). The van der Waals surface area contributed by atoms with Gasteiger partial charge in [0.05, 0.1) is 12.6 Å². The summed E-state index contributed by atoms with van der Waals surface area (Å²) in [5.41, 5.74) is 3.40. The molecule has 1 fully saturated rings. The van der Waals surface area contributed by atoms with Gasteiger partial charge in [-0.25, -0.2) is 0 Å². The Balaban J connectivity index is 1.86. The summed E-state index contributed by atoms with van der Waals surface area (Å²) in [4.78, 5) is 26.8. The van der Waals surface area contributed by atoms with Gasteiger partial charge >= 0.3 is 0 Å². The Bertz CT molecular complexity index is 1140. The topological polar surface area (TPSA) is 60.3 Å². The van der Waals surface area contributed by atoms with Gasteiger partial charge in [-0.15, -0.1) is 0 Å². The van der Waals surface area contributed by atoms with E-state index in [4.69, 9.17) is 4.74 Å². The second-order valence-electron chi connectivity index (χ2n) is 8.58. The van der Waals surface area contributed by atoms with Gasteiger partial charge < -0.3 is 10.1 Å². The van der Waals surface area contributed by atoms with Crippen LogP contribution >= 0.6 is 0 Å². The van der Waals surface area contributed by atoms with Gasteiger partial charge in [-0.3, -0.25) is 14.2 Å². The molecule has 0 aliphatic heterocycles. The van der Waals surface area contributed by atoms with E-state index in [1.165, 1.54) is 6.42 Å². The number of nitrogens with zero attached hydrogens (tertiary/aromatic N) is 1. The van der Waals surface area contributed by atoms with Crippen molar-refractivity contribution in [1.82, 2.24) is 9.88 Å². The molecular weight excluding hydrogens is 388 g/mol. The molecule has 5 nitrogen and oxygen atoms in total. The Morgan fingerprint density at radius 2 is 1.74 bits per heavy atom. The van der Waals surface area contributed by atoms with Crippen LogP contribution in [0, 0.1) is 13.8 Å². The number of amides is 1. The van der Waals surface area contributed by atoms with Crippen molar-refractivity contribution in [2.45, 2.75) is 58.0 Å². The number of benzene rings is 2. The minimum Gasteiger partial charge on any atom is -0.497 e. The molecule has 0 bridgehead atoms. The number of ether oxygens (including phenoxy) is 1. The van der Waals surface area contributed by atoms with Crippen molar-refractivity contribution in [2.75, 3.05) is 7.11 Å². The summed E-state index contributed by atoms with van der Waals surface area (Å²) in [6.45, 7) is 3.98. The van der Waals surface area contributed by atoms with E-state index in [0.29, 0.717) is 5.75 Å². The van der Waals surface area contributed by atoms with Crippen molar-refractivity contribution in [3.63, 3.8) is 0 Å². The highest BCUT2D eigenvalue weighted by Gasteiger charge is 2.28. The molecule has 4 rings (SSSR count). The van der Waals surface area contributed by atoms with Crippen molar-refractivity contribution in [3.8, 4) is 5.75 Å². The number of rotatable bonds is 5. The molecule has 162 valence electrons. The fourth-order valence-electron chi connectivity index (χ4n) is 4.62. The first-order chi connectivity index (χ1) is 15.0. The van der Waals surface area contributed by atoms with Crippen molar-refractivity contribution in [2.24, 2.45) is 0 Å². The molecule has 2 aromatic carbocycles. The van der Waals surface area contributed by atoms with Crippen LogP contribution in [0.1, 0.15) is 54.8 Å². The predicted molar refractivity (Wildman–Crippen MR) is 124 cm³/mol. The first kappa shape index (κ1) is 21.2. The van der Waals surface area contributed by atoms with Gasteiger partial charge in [0.2, 0.25) is 5.91 Å². The van der Waals surface area contributed by atoms with Crippen LogP contribution in [0.4, 0.5) is 0 Å². The van der Waals surface area contributed by atoms with E-state index < -0.39 is 6.04 Å². The second-order valence-corrected chi connectivity index (χ2v) is 8.58. The van der Waals surface area contributed by atoms with E-state index in [0.717, 1.165) is 53.3 Å². The molecule has 1 aliphatic carbocycles. The molecule has 1 atom stereocenters. The Hall–Kier alpha value is -3.08. The second kappa shape index (κ2) is 8.96. The zero-order valence-electron chi connectivity index (χ0n) is 18.5. The molecule has 0 spiro atoms. The third-order valence-electron chi connectivity index (χ3n) is 6.30. The van der Waals surface area contributed by atoms with Gasteiger partial charge in [-0.1, -0.05) is 43.0 Å². The Labute approximate surface area is 183 Å². The maximum atomic E-state index is 13.6. The lowest BCUT2D eigenvalue weighted by molar-refractivity contribution is -0.124. The highest BCUT2D eigenvalue weighted by Crippen LogP contribution is 2.27. The average molecular weight is 419 g/mol. The highest BCUT2D eigenvalue weighted by atomic mass is 16.5. The third kappa shape index (κ3) is 4.36. The summed E-state index contributed by atoms with van der Waals surface area (Å²) < 4.78 is 6.93. The fourth-order valence-corrected chi connectivity index (χ4v) is 4.62. The molecule has 1 amide bonds. The molecule has 0 saturated heterocycles. The lowest BCUT2D eigenvalue weighted by Gasteiger charge is -2.27. The summed E-state index contributed by atoms with van der Waals surface area (Å²) in [7, 11) is 1.61.